The number of nitriles is 1. The first-order valence-corrected chi connectivity index (χ1v) is 11.7. The topological polar surface area (TPSA) is 91.8 Å². The van der Waals surface area contributed by atoms with E-state index in [9.17, 15) is 14.4 Å². The van der Waals surface area contributed by atoms with Crippen LogP contribution in [0.1, 0.15) is 18.4 Å². The number of amides is 1. The molecule has 0 aliphatic carbocycles. The average Bonchev–Trinajstić information content (AvgIpc) is 2.85. The zero-order chi connectivity index (χ0) is 24.3. The van der Waals surface area contributed by atoms with Crippen LogP contribution in [0.5, 0.6) is 11.5 Å². The predicted octanol–water partition coefficient (Wildman–Crippen LogP) is 3.39. The third kappa shape index (κ3) is 4.91. The number of rotatable bonds is 6. The SMILES string of the molecule is COc1cc2c(cc1Cl)N(CCN)CC(C(=O)N1CCC(C#N)(Cc3ccc(F)cc3)CC1)O2. The lowest BCUT2D eigenvalue weighted by Crippen LogP contribution is -2.53. The highest BCUT2D eigenvalue weighted by Crippen LogP contribution is 2.41. The number of benzene rings is 2. The lowest BCUT2D eigenvalue weighted by molar-refractivity contribution is -0.140. The van der Waals surface area contributed by atoms with Crippen molar-refractivity contribution in [2.75, 3.05) is 44.7 Å². The Hall–Kier alpha value is -3.02. The van der Waals surface area contributed by atoms with Gasteiger partial charge in [0.15, 0.2) is 6.10 Å². The van der Waals surface area contributed by atoms with Gasteiger partial charge in [0.25, 0.3) is 5.91 Å². The third-order valence-electron chi connectivity index (χ3n) is 6.63. The number of fused-ring (bicyclic) bond motifs is 1. The molecule has 1 unspecified atom stereocenters. The van der Waals surface area contributed by atoms with Gasteiger partial charge in [0.2, 0.25) is 0 Å². The van der Waals surface area contributed by atoms with E-state index >= 15 is 0 Å². The van der Waals surface area contributed by atoms with Crippen LogP contribution in [0.25, 0.3) is 0 Å². The van der Waals surface area contributed by atoms with Crippen LogP contribution in [0.15, 0.2) is 36.4 Å². The van der Waals surface area contributed by atoms with Crippen LogP contribution in [-0.2, 0) is 11.2 Å². The van der Waals surface area contributed by atoms with Gasteiger partial charge in [-0.05, 0) is 43.0 Å². The second-order valence-corrected chi connectivity index (χ2v) is 9.22. The number of piperidine rings is 1. The van der Waals surface area contributed by atoms with Crippen LogP contribution in [0.4, 0.5) is 10.1 Å². The molecular formula is C25H28ClFN4O3. The molecule has 9 heteroatoms. The van der Waals surface area contributed by atoms with Crippen molar-refractivity contribution in [3.63, 3.8) is 0 Å². The number of anilines is 1. The van der Waals surface area contributed by atoms with E-state index in [4.69, 9.17) is 26.8 Å². The molecule has 34 heavy (non-hydrogen) atoms. The highest BCUT2D eigenvalue weighted by molar-refractivity contribution is 6.32. The smallest absolute Gasteiger partial charge is 0.265 e. The molecule has 2 N–H and O–H groups in total. The summed E-state index contributed by atoms with van der Waals surface area (Å²) in [5, 5.41) is 10.4. The summed E-state index contributed by atoms with van der Waals surface area (Å²) in [6.07, 6.45) is 0.929. The highest BCUT2D eigenvalue weighted by Gasteiger charge is 2.40. The Morgan fingerprint density at radius 1 is 1.32 bits per heavy atom. The monoisotopic (exact) mass is 486 g/mol. The standard InChI is InChI=1S/C25H28ClFN4O3/c1-33-21-13-22-20(12-19(21)26)31(11-8-28)15-23(34-22)24(32)30-9-6-25(16-29,7-10-30)14-17-2-4-18(27)5-3-17/h2-5,12-13,23H,6-11,14-15,28H2,1H3. The van der Waals surface area contributed by atoms with Crippen molar-refractivity contribution in [3.8, 4) is 17.6 Å². The predicted molar refractivity (Wildman–Crippen MR) is 128 cm³/mol. The molecule has 1 fully saturated rings. The van der Waals surface area contributed by atoms with Crippen molar-refractivity contribution < 1.29 is 18.7 Å². The first-order chi connectivity index (χ1) is 16.4. The van der Waals surface area contributed by atoms with Gasteiger partial charge in [0, 0.05) is 32.2 Å². The van der Waals surface area contributed by atoms with Gasteiger partial charge in [-0.3, -0.25) is 4.79 Å². The molecule has 180 valence electrons. The van der Waals surface area contributed by atoms with Gasteiger partial charge in [0.05, 0.1) is 35.8 Å². The van der Waals surface area contributed by atoms with E-state index in [1.165, 1.54) is 19.2 Å². The van der Waals surface area contributed by atoms with E-state index in [1.54, 1.807) is 29.2 Å². The molecule has 0 bridgehead atoms. The summed E-state index contributed by atoms with van der Waals surface area (Å²) in [6.45, 7) is 2.25. The lowest BCUT2D eigenvalue weighted by atomic mass is 9.75. The summed E-state index contributed by atoms with van der Waals surface area (Å²) in [5.41, 5.74) is 6.92. The largest absolute Gasteiger partial charge is 0.495 e. The van der Waals surface area contributed by atoms with Gasteiger partial charge in [0.1, 0.15) is 17.3 Å². The normalized spacial score (nSPS) is 19.1. The second-order valence-electron chi connectivity index (χ2n) is 8.82. The van der Waals surface area contributed by atoms with E-state index in [2.05, 4.69) is 6.07 Å². The van der Waals surface area contributed by atoms with Crippen LogP contribution in [0.3, 0.4) is 0 Å². The van der Waals surface area contributed by atoms with Crippen molar-refractivity contribution in [2.45, 2.75) is 25.4 Å². The quantitative estimate of drug-likeness (QED) is 0.673. The zero-order valence-electron chi connectivity index (χ0n) is 19.1. The van der Waals surface area contributed by atoms with Crippen molar-refractivity contribution in [2.24, 2.45) is 11.1 Å². The Balaban J connectivity index is 1.46. The van der Waals surface area contributed by atoms with Crippen molar-refractivity contribution >= 4 is 23.2 Å². The van der Waals surface area contributed by atoms with Gasteiger partial charge < -0.3 is 25.0 Å². The van der Waals surface area contributed by atoms with E-state index in [-0.39, 0.29) is 11.7 Å². The summed E-state index contributed by atoms with van der Waals surface area (Å²) in [7, 11) is 1.53. The summed E-state index contributed by atoms with van der Waals surface area (Å²) in [4.78, 5) is 17.2. The number of nitrogens with two attached hydrogens (primary N) is 1. The molecule has 1 saturated heterocycles. The minimum absolute atomic E-state index is 0.116. The van der Waals surface area contributed by atoms with Gasteiger partial charge in [-0.25, -0.2) is 4.39 Å². The maximum Gasteiger partial charge on any atom is 0.265 e. The van der Waals surface area contributed by atoms with Crippen molar-refractivity contribution in [1.82, 2.24) is 4.90 Å². The first kappa shape index (κ1) is 24.1. The number of nitrogens with zero attached hydrogens (tertiary/aromatic N) is 3. The van der Waals surface area contributed by atoms with Crippen LogP contribution in [0, 0.1) is 22.6 Å². The fourth-order valence-electron chi connectivity index (χ4n) is 4.69. The van der Waals surface area contributed by atoms with Crippen molar-refractivity contribution in [3.05, 3.63) is 52.8 Å². The number of carbonyl (C=O) groups excluding carboxylic acids is 1. The Labute approximate surface area is 203 Å². The van der Waals surface area contributed by atoms with Crippen LogP contribution >= 0.6 is 11.6 Å². The number of hydrogen-bond acceptors (Lipinski definition) is 6. The maximum atomic E-state index is 13.4. The molecule has 2 aliphatic rings. The van der Waals surface area contributed by atoms with Crippen molar-refractivity contribution in [1.29, 1.82) is 5.26 Å². The molecule has 2 aliphatic heterocycles. The van der Waals surface area contributed by atoms with Gasteiger partial charge >= 0.3 is 0 Å². The van der Waals surface area contributed by atoms with E-state index in [0.29, 0.717) is 68.5 Å². The summed E-state index contributed by atoms with van der Waals surface area (Å²) in [5.74, 6) is 0.584. The average molecular weight is 487 g/mol. The molecule has 0 aromatic heterocycles. The second kappa shape index (κ2) is 10.1. The molecule has 2 aromatic rings. The first-order valence-electron chi connectivity index (χ1n) is 11.3. The molecule has 0 saturated carbocycles. The molecule has 0 spiro atoms. The highest BCUT2D eigenvalue weighted by atomic mass is 35.5. The molecule has 1 amide bonds. The Morgan fingerprint density at radius 3 is 2.65 bits per heavy atom. The van der Waals surface area contributed by atoms with E-state index in [1.807, 2.05) is 4.90 Å². The molecule has 0 radical (unpaired) electrons. The number of methoxy groups -OCH3 is 1. The molecule has 1 atom stereocenters. The van der Waals surface area contributed by atoms with Gasteiger partial charge in [-0.15, -0.1) is 0 Å². The minimum Gasteiger partial charge on any atom is -0.495 e. The molecule has 2 aromatic carbocycles. The van der Waals surface area contributed by atoms with Gasteiger partial charge in [-0.2, -0.15) is 5.26 Å². The van der Waals surface area contributed by atoms with E-state index in [0.717, 1.165) is 11.3 Å². The number of ether oxygens (including phenoxy) is 2. The summed E-state index contributed by atoms with van der Waals surface area (Å²) in [6, 6.07) is 12.2. The Bertz CT molecular complexity index is 1080. The number of carbonyl (C=O) groups is 1. The van der Waals surface area contributed by atoms with Crippen LogP contribution in [-0.4, -0.2) is 56.7 Å². The summed E-state index contributed by atoms with van der Waals surface area (Å²) >= 11 is 6.30. The molecule has 4 rings (SSSR count). The van der Waals surface area contributed by atoms with Gasteiger partial charge in [-0.1, -0.05) is 23.7 Å². The number of halogens is 2. The minimum atomic E-state index is -0.698. The molecule has 7 nitrogen and oxygen atoms in total. The van der Waals surface area contributed by atoms with E-state index < -0.39 is 11.5 Å². The van der Waals surface area contributed by atoms with Crippen LogP contribution in [0.2, 0.25) is 5.02 Å². The fourth-order valence-corrected chi connectivity index (χ4v) is 4.92. The number of hydrogen-bond donors (Lipinski definition) is 1. The zero-order valence-corrected chi connectivity index (χ0v) is 19.9. The lowest BCUT2D eigenvalue weighted by Gasteiger charge is -2.41. The summed E-state index contributed by atoms with van der Waals surface area (Å²) < 4.78 is 24.6. The molecule has 2 heterocycles. The maximum absolute atomic E-state index is 13.4. The number of likely N-dealkylation sites (tertiary alicyclic amines) is 1. The third-order valence-corrected chi connectivity index (χ3v) is 6.92. The molecular weight excluding hydrogens is 459 g/mol. The Kier molecular flexibility index (Phi) is 7.15. The van der Waals surface area contributed by atoms with Crippen LogP contribution < -0.4 is 20.1 Å². The Morgan fingerprint density at radius 2 is 2.03 bits per heavy atom. The fraction of sp³-hybridized carbons (Fsp3) is 0.440.